The Balaban J connectivity index is 2.11. The lowest BCUT2D eigenvalue weighted by Gasteiger charge is -2.19. The molecule has 2 rings (SSSR count). The molecule has 1 aromatic heterocycles. The van der Waals surface area contributed by atoms with E-state index in [0.717, 1.165) is 17.8 Å². The van der Waals surface area contributed by atoms with E-state index in [9.17, 15) is 0 Å². The van der Waals surface area contributed by atoms with Gasteiger partial charge in [0, 0.05) is 43.8 Å². The maximum absolute atomic E-state index is 9.04. The number of allylic oxidation sites excluding steroid dienone is 2. The topological polar surface area (TPSA) is 104 Å². The normalized spacial score (nSPS) is 9.29. The number of hydrogen-bond acceptors (Lipinski definition) is 6. The fourth-order valence-electron chi connectivity index (χ4n) is 2.15. The van der Waals surface area contributed by atoms with Gasteiger partial charge in [-0.1, -0.05) is 0 Å². The van der Waals surface area contributed by atoms with Crippen LogP contribution in [-0.2, 0) is 13.6 Å². The van der Waals surface area contributed by atoms with Gasteiger partial charge in [-0.25, -0.2) is 0 Å². The van der Waals surface area contributed by atoms with E-state index in [-0.39, 0.29) is 11.3 Å². The largest absolute Gasteiger partial charge is 0.370 e. The molecule has 0 fully saturated rings. The fraction of sp³-hybridized carbons (Fsp3) is 0.176. The molecule has 1 heterocycles. The van der Waals surface area contributed by atoms with Crippen LogP contribution in [0.1, 0.15) is 5.56 Å². The first kappa shape index (κ1) is 16.6. The van der Waals surface area contributed by atoms with Gasteiger partial charge in [-0.05, 0) is 24.3 Å². The van der Waals surface area contributed by atoms with Crippen LogP contribution in [0.2, 0.25) is 0 Å². The van der Waals surface area contributed by atoms with E-state index in [0.29, 0.717) is 5.69 Å². The van der Waals surface area contributed by atoms with E-state index in [1.54, 1.807) is 29.0 Å². The molecular formula is C17H15N7. The van der Waals surface area contributed by atoms with Crippen LogP contribution in [-0.4, -0.2) is 16.8 Å². The maximum atomic E-state index is 9.04. The Kier molecular flexibility index (Phi) is 5.18. The summed E-state index contributed by atoms with van der Waals surface area (Å²) in [5, 5.41) is 33.6. The first-order chi connectivity index (χ1) is 11.6. The van der Waals surface area contributed by atoms with E-state index < -0.39 is 0 Å². The summed E-state index contributed by atoms with van der Waals surface area (Å²) < 4.78 is 1.76. The average molecular weight is 317 g/mol. The van der Waals surface area contributed by atoms with Gasteiger partial charge in [0.2, 0.25) is 0 Å². The summed E-state index contributed by atoms with van der Waals surface area (Å²) in [4.78, 5) is 2.07. The van der Waals surface area contributed by atoms with Crippen LogP contribution >= 0.6 is 0 Å². The summed E-state index contributed by atoms with van der Waals surface area (Å²) >= 11 is 0. The van der Waals surface area contributed by atoms with Gasteiger partial charge >= 0.3 is 0 Å². The minimum Gasteiger partial charge on any atom is -0.370 e. The molecule has 7 heteroatoms. The summed E-state index contributed by atoms with van der Waals surface area (Å²) in [6.45, 7) is 0.719. The minimum atomic E-state index is -0.240. The van der Waals surface area contributed by atoms with Gasteiger partial charge in [-0.15, -0.1) is 0 Å². The zero-order valence-corrected chi connectivity index (χ0v) is 13.4. The lowest BCUT2D eigenvalue weighted by atomic mass is 10.2. The first-order valence-electron chi connectivity index (χ1n) is 7.07. The number of aromatic nitrogens is 2. The third kappa shape index (κ3) is 3.91. The van der Waals surface area contributed by atoms with Crippen LogP contribution in [0.15, 0.2) is 47.9 Å². The average Bonchev–Trinajstić information content (AvgIpc) is 3.00. The number of nitriles is 3. The van der Waals surface area contributed by atoms with Gasteiger partial charge in [0.15, 0.2) is 5.57 Å². The Morgan fingerprint density at radius 1 is 1.17 bits per heavy atom. The molecule has 0 saturated heterocycles. The van der Waals surface area contributed by atoms with Gasteiger partial charge in [0.05, 0.1) is 6.20 Å². The lowest BCUT2D eigenvalue weighted by Crippen LogP contribution is -2.15. The van der Waals surface area contributed by atoms with E-state index in [4.69, 9.17) is 15.8 Å². The van der Waals surface area contributed by atoms with Crippen molar-refractivity contribution < 1.29 is 0 Å². The Labute approximate surface area is 140 Å². The van der Waals surface area contributed by atoms with E-state index in [1.165, 1.54) is 0 Å². The minimum absolute atomic E-state index is 0.0588. The Hall–Kier alpha value is -3.76. The van der Waals surface area contributed by atoms with E-state index >= 15 is 0 Å². The highest BCUT2D eigenvalue weighted by Crippen LogP contribution is 2.20. The standard InChI is InChI=1S/C17H15N7/c1-23(11-13-10-21-24(2)12-13)16-5-3-15(4-6-16)22-17(9-20)14(7-18)8-19/h3-6,10,12,22H,11H2,1-2H3. The third-order valence-electron chi connectivity index (χ3n) is 3.34. The van der Waals surface area contributed by atoms with Crippen LogP contribution in [0.5, 0.6) is 0 Å². The predicted molar refractivity (Wildman–Crippen MR) is 89.2 cm³/mol. The zero-order chi connectivity index (χ0) is 17.5. The van der Waals surface area contributed by atoms with Crippen molar-refractivity contribution in [2.75, 3.05) is 17.3 Å². The molecule has 0 aliphatic rings. The molecule has 1 N–H and O–H groups in total. The molecule has 0 spiro atoms. The molecule has 0 saturated carbocycles. The van der Waals surface area contributed by atoms with Crippen molar-refractivity contribution >= 4 is 11.4 Å². The number of nitrogens with zero attached hydrogens (tertiary/aromatic N) is 6. The van der Waals surface area contributed by atoms with Crippen molar-refractivity contribution in [1.82, 2.24) is 9.78 Å². The van der Waals surface area contributed by atoms with Gasteiger partial charge in [-0.2, -0.15) is 20.9 Å². The summed E-state index contributed by atoms with van der Waals surface area (Å²) in [7, 11) is 3.85. The molecule has 7 nitrogen and oxygen atoms in total. The molecule has 0 aliphatic carbocycles. The second-order valence-electron chi connectivity index (χ2n) is 5.14. The van der Waals surface area contributed by atoms with Crippen molar-refractivity contribution in [2.24, 2.45) is 7.05 Å². The Bertz CT molecular complexity index is 853. The fourth-order valence-corrected chi connectivity index (χ4v) is 2.15. The van der Waals surface area contributed by atoms with Gasteiger partial charge in [0.25, 0.3) is 0 Å². The van der Waals surface area contributed by atoms with Crippen molar-refractivity contribution in [1.29, 1.82) is 15.8 Å². The summed E-state index contributed by atoms with van der Waals surface area (Å²) in [6.07, 6.45) is 3.78. The molecule has 0 radical (unpaired) electrons. The molecule has 0 amide bonds. The molecule has 0 unspecified atom stereocenters. The van der Waals surface area contributed by atoms with Crippen LogP contribution in [0.3, 0.4) is 0 Å². The van der Waals surface area contributed by atoms with E-state index in [1.807, 2.05) is 44.7 Å². The zero-order valence-electron chi connectivity index (χ0n) is 13.4. The first-order valence-corrected chi connectivity index (χ1v) is 7.07. The van der Waals surface area contributed by atoms with Crippen molar-refractivity contribution in [3.63, 3.8) is 0 Å². The van der Waals surface area contributed by atoms with Crippen LogP contribution in [0.25, 0.3) is 0 Å². The van der Waals surface area contributed by atoms with Crippen LogP contribution in [0, 0.1) is 34.0 Å². The van der Waals surface area contributed by atoms with Crippen molar-refractivity contribution in [3.05, 3.63) is 53.5 Å². The quantitative estimate of drug-likeness (QED) is 0.848. The number of nitrogens with one attached hydrogen (secondary N) is 1. The number of hydrogen-bond donors (Lipinski definition) is 1. The van der Waals surface area contributed by atoms with Gasteiger partial charge in [-0.3, -0.25) is 4.68 Å². The summed E-state index contributed by atoms with van der Waals surface area (Å²) in [5.74, 6) is 0. The highest BCUT2D eigenvalue weighted by atomic mass is 15.2. The predicted octanol–water partition coefficient (Wildman–Crippen LogP) is 2.29. The molecule has 118 valence electrons. The Morgan fingerprint density at radius 3 is 2.33 bits per heavy atom. The molecular weight excluding hydrogens is 302 g/mol. The molecule has 0 atom stereocenters. The van der Waals surface area contributed by atoms with Crippen molar-refractivity contribution in [2.45, 2.75) is 6.54 Å². The van der Waals surface area contributed by atoms with Gasteiger partial charge < -0.3 is 10.2 Å². The molecule has 2 aromatic rings. The highest BCUT2D eigenvalue weighted by molar-refractivity contribution is 5.61. The smallest absolute Gasteiger partial charge is 0.163 e. The van der Waals surface area contributed by atoms with Crippen LogP contribution < -0.4 is 10.2 Å². The van der Waals surface area contributed by atoms with Crippen LogP contribution in [0.4, 0.5) is 11.4 Å². The number of benzene rings is 1. The molecule has 0 aliphatic heterocycles. The molecule has 1 aromatic carbocycles. The van der Waals surface area contributed by atoms with E-state index in [2.05, 4.69) is 15.3 Å². The second-order valence-corrected chi connectivity index (χ2v) is 5.14. The highest BCUT2D eigenvalue weighted by Gasteiger charge is 2.07. The second kappa shape index (κ2) is 7.49. The SMILES string of the molecule is CN(Cc1cnn(C)c1)c1ccc(NC(C#N)=C(C#N)C#N)cc1. The summed E-state index contributed by atoms with van der Waals surface area (Å²) in [5.41, 5.74) is 2.43. The molecule has 0 bridgehead atoms. The maximum Gasteiger partial charge on any atom is 0.163 e. The van der Waals surface area contributed by atoms with Crippen molar-refractivity contribution in [3.8, 4) is 18.2 Å². The summed E-state index contributed by atoms with van der Waals surface area (Å²) in [6, 6.07) is 12.6. The monoisotopic (exact) mass is 317 g/mol. The number of anilines is 2. The lowest BCUT2D eigenvalue weighted by molar-refractivity contribution is 0.766. The Morgan fingerprint density at radius 2 is 1.83 bits per heavy atom. The van der Waals surface area contributed by atoms with Gasteiger partial charge in [0.1, 0.15) is 23.9 Å². The third-order valence-corrected chi connectivity index (χ3v) is 3.34. The molecule has 24 heavy (non-hydrogen) atoms. The number of rotatable bonds is 5. The number of aryl methyl sites for hydroxylation is 1.